The van der Waals surface area contributed by atoms with Crippen molar-refractivity contribution in [1.29, 1.82) is 0 Å². The number of ether oxygens (including phenoxy) is 2. The smallest absolute Gasteiger partial charge is 0.780 e. The number of hydrazone groups is 1. The maximum atomic E-state index is 12.1. The van der Waals surface area contributed by atoms with E-state index in [9.17, 15) is 19.1 Å². The van der Waals surface area contributed by atoms with Gasteiger partial charge >= 0.3 is 65.2 Å². The van der Waals surface area contributed by atoms with Gasteiger partial charge in [-0.15, -0.1) is 0 Å². The summed E-state index contributed by atoms with van der Waals surface area (Å²) in [5.74, 6) is -0.0648. The Hall–Kier alpha value is -1.25. The predicted molar refractivity (Wildman–Crippen MR) is 107 cm³/mol. The van der Waals surface area contributed by atoms with Crippen molar-refractivity contribution in [3.63, 3.8) is 0 Å². The standard InChI is InChI=1S/C16H18N5O7PS.2Na/c1-26-11-5-4-10(14(7-11)28-29(23,24)25)9-27-16(22)20-12-3-2-6-18-13(12)8-19-21-15(17)30;;/h2-8H,9H2,1H3,(H,20,22)(H3,17,21,30)(H2,23,24,25);;/q;2*+1/p-2. The molecule has 1 aromatic carbocycles. The molecule has 0 unspecified atom stereocenters. The molecule has 0 fully saturated rings. The summed E-state index contributed by atoms with van der Waals surface area (Å²) in [4.78, 5) is 38.1. The summed E-state index contributed by atoms with van der Waals surface area (Å²) in [6.07, 6.45) is 1.88. The molecule has 1 aromatic heterocycles. The van der Waals surface area contributed by atoms with Crippen LogP contribution in [0.4, 0.5) is 10.5 Å². The quantitative estimate of drug-likeness (QED) is 0.103. The second-order valence-corrected chi connectivity index (χ2v) is 6.90. The third kappa shape index (κ3) is 11.1. The first kappa shape index (κ1) is 30.8. The fourth-order valence-corrected chi connectivity index (χ4v) is 2.52. The Labute approximate surface area is 233 Å². The van der Waals surface area contributed by atoms with Crippen LogP contribution in [0, 0.1) is 0 Å². The van der Waals surface area contributed by atoms with Crippen molar-refractivity contribution in [3.8, 4) is 11.5 Å². The Morgan fingerprint density at radius 2 is 2.06 bits per heavy atom. The van der Waals surface area contributed by atoms with Gasteiger partial charge in [0.25, 0.3) is 0 Å². The topological polar surface area (TPSA) is 183 Å². The molecule has 32 heavy (non-hydrogen) atoms. The van der Waals surface area contributed by atoms with Crippen LogP contribution in [-0.2, 0) is 15.9 Å². The molecule has 160 valence electrons. The van der Waals surface area contributed by atoms with Gasteiger partial charge in [0.1, 0.15) is 31.6 Å². The Balaban J connectivity index is 0.00000480. The number of amides is 1. The van der Waals surface area contributed by atoms with E-state index in [2.05, 4.69) is 37.6 Å². The Morgan fingerprint density at radius 1 is 1.34 bits per heavy atom. The van der Waals surface area contributed by atoms with Gasteiger partial charge < -0.3 is 34.1 Å². The summed E-state index contributed by atoms with van der Waals surface area (Å²) in [7, 11) is -3.98. The van der Waals surface area contributed by atoms with Gasteiger partial charge in [-0.2, -0.15) is 5.10 Å². The average Bonchev–Trinajstić information content (AvgIpc) is 2.66. The summed E-state index contributed by atoms with van der Waals surface area (Å²) >= 11 is 4.62. The van der Waals surface area contributed by atoms with Gasteiger partial charge in [0.2, 0.25) is 0 Å². The Morgan fingerprint density at radius 3 is 2.69 bits per heavy atom. The number of anilines is 1. The first-order valence-corrected chi connectivity index (χ1v) is 9.90. The Kier molecular flexibility index (Phi) is 14.2. The molecule has 0 atom stereocenters. The molecule has 0 aliphatic rings. The van der Waals surface area contributed by atoms with Crippen molar-refractivity contribution >= 4 is 43.1 Å². The van der Waals surface area contributed by atoms with E-state index in [4.69, 9.17) is 15.2 Å². The van der Waals surface area contributed by atoms with Crippen LogP contribution in [0.3, 0.4) is 0 Å². The van der Waals surface area contributed by atoms with Gasteiger partial charge in [-0.25, -0.2) is 4.79 Å². The van der Waals surface area contributed by atoms with Crippen molar-refractivity contribution in [2.24, 2.45) is 10.8 Å². The largest absolute Gasteiger partial charge is 1.00 e. The molecular formula is C16H16N5Na2O7PS. The van der Waals surface area contributed by atoms with Crippen LogP contribution in [0.2, 0.25) is 0 Å². The van der Waals surface area contributed by atoms with Crippen LogP contribution in [-0.4, -0.2) is 29.5 Å². The molecule has 1 amide bonds. The number of hydrogen-bond donors (Lipinski definition) is 3. The second-order valence-electron chi connectivity index (χ2n) is 5.38. The van der Waals surface area contributed by atoms with Crippen molar-refractivity contribution < 1.29 is 92.3 Å². The number of carbonyl (C=O) groups excluding carboxylic acids is 1. The zero-order chi connectivity index (χ0) is 22.1. The van der Waals surface area contributed by atoms with Gasteiger partial charge in [-0.1, -0.05) is 0 Å². The van der Waals surface area contributed by atoms with E-state index >= 15 is 0 Å². The number of pyridine rings is 1. The molecule has 0 radical (unpaired) electrons. The van der Waals surface area contributed by atoms with Gasteiger partial charge in [0.15, 0.2) is 5.11 Å². The molecule has 0 saturated carbocycles. The molecule has 0 saturated heterocycles. The number of phosphoric ester groups is 1. The van der Waals surface area contributed by atoms with E-state index in [-0.39, 0.29) is 92.7 Å². The van der Waals surface area contributed by atoms with Crippen LogP contribution in [0.1, 0.15) is 11.3 Å². The number of carbonyl (C=O) groups is 1. The number of nitrogens with two attached hydrogens (primary N) is 1. The van der Waals surface area contributed by atoms with E-state index in [1.165, 1.54) is 37.7 Å². The van der Waals surface area contributed by atoms with Crippen LogP contribution < -0.4 is 94.6 Å². The second kappa shape index (κ2) is 14.8. The van der Waals surface area contributed by atoms with E-state index in [1.807, 2.05) is 0 Å². The maximum absolute atomic E-state index is 12.1. The van der Waals surface area contributed by atoms with E-state index in [0.29, 0.717) is 0 Å². The van der Waals surface area contributed by atoms with Crippen LogP contribution in [0.15, 0.2) is 41.6 Å². The van der Waals surface area contributed by atoms with Crippen LogP contribution in [0.25, 0.3) is 0 Å². The predicted octanol–water partition coefficient (Wildman–Crippen LogP) is -5.78. The summed E-state index contributed by atoms with van der Waals surface area (Å²) in [6.45, 7) is -0.391. The summed E-state index contributed by atoms with van der Waals surface area (Å²) in [6, 6.07) is 7.17. The van der Waals surface area contributed by atoms with Gasteiger partial charge in [-0.05, 0) is 36.5 Å². The number of hydrogen-bond acceptors (Lipinski definition) is 10. The number of rotatable bonds is 8. The van der Waals surface area contributed by atoms with Crippen LogP contribution in [0.5, 0.6) is 11.5 Å². The maximum Gasteiger partial charge on any atom is 1.00 e. The number of thiocarbonyl (C=S) groups is 1. The van der Waals surface area contributed by atoms with Crippen molar-refractivity contribution in [1.82, 2.24) is 10.4 Å². The van der Waals surface area contributed by atoms with Crippen LogP contribution >= 0.6 is 20.0 Å². The minimum atomic E-state index is -5.33. The average molecular weight is 499 g/mol. The summed E-state index contributed by atoms with van der Waals surface area (Å²) in [5.41, 5.74) is 8.30. The van der Waals surface area contributed by atoms with E-state index < -0.39 is 20.5 Å². The number of nitrogens with zero attached hydrogens (tertiary/aromatic N) is 2. The molecule has 0 bridgehead atoms. The van der Waals surface area contributed by atoms with E-state index in [0.717, 1.165) is 0 Å². The monoisotopic (exact) mass is 499 g/mol. The molecule has 1 heterocycles. The molecule has 0 aliphatic heterocycles. The van der Waals surface area contributed by atoms with Crippen molar-refractivity contribution in [2.45, 2.75) is 6.61 Å². The summed E-state index contributed by atoms with van der Waals surface area (Å²) < 4.78 is 25.4. The molecule has 2 rings (SSSR count). The fraction of sp³-hybridized carbons (Fsp3) is 0.125. The molecule has 0 aliphatic carbocycles. The first-order valence-electron chi connectivity index (χ1n) is 8.04. The zero-order valence-electron chi connectivity index (χ0n) is 17.4. The zero-order valence-corrected chi connectivity index (χ0v) is 23.1. The van der Waals surface area contributed by atoms with Crippen molar-refractivity contribution in [3.05, 3.63) is 47.8 Å². The third-order valence-electron chi connectivity index (χ3n) is 3.28. The molecule has 4 N–H and O–H groups in total. The number of nitrogens with one attached hydrogen (secondary N) is 2. The van der Waals surface area contributed by atoms with Gasteiger partial charge in [0, 0.05) is 17.8 Å². The third-order valence-corrected chi connectivity index (χ3v) is 3.79. The van der Waals surface area contributed by atoms with Gasteiger partial charge in [-0.3, -0.25) is 15.7 Å². The SMILES string of the molecule is COc1ccc(COC(=O)Nc2cccnc2C=NNC(N)=S)c(OP(=O)([O-])[O-])c1.[Na+].[Na+]. The minimum Gasteiger partial charge on any atom is -0.780 e. The fourth-order valence-electron chi connectivity index (χ4n) is 2.06. The number of phosphoric acid groups is 1. The summed E-state index contributed by atoms with van der Waals surface area (Å²) in [5, 5.41) is 6.17. The minimum absolute atomic E-state index is 0. The normalized spacial score (nSPS) is 10.3. The Bertz CT molecular complexity index is 1010. The number of methoxy groups -OCH3 is 1. The number of benzene rings is 1. The number of aromatic nitrogens is 1. The first-order chi connectivity index (χ1) is 14.2. The van der Waals surface area contributed by atoms with E-state index in [1.54, 1.807) is 12.1 Å². The molecular weight excluding hydrogens is 483 g/mol. The van der Waals surface area contributed by atoms with Gasteiger partial charge in [0.05, 0.1) is 19.0 Å². The molecule has 12 nitrogen and oxygen atoms in total. The van der Waals surface area contributed by atoms with Crippen molar-refractivity contribution in [2.75, 3.05) is 12.4 Å². The molecule has 2 aromatic rings. The molecule has 0 spiro atoms. The molecule has 16 heteroatoms.